The van der Waals surface area contributed by atoms with E-state index in [2.05, 4.69) is 21.4 Å². The molecule has 6 nitrogen and oxygen atoms in total. The van der Waals surface area contributed by atoms with Crippen molar-refractivity contribution < 1.29 is 9.53 Å². The number of hydrogen-bond donors (Lipinski definition) is 0. The van der Waals surface area contributed by atoms with E-state index < -0.39 is 0 Å². The van der Waals surface area contributed by atoms with Crippen molar-refractivity contribution in [3.8, 4) is 5.75 Å². The minimum atomic E-state index is 0.0596. The Kier molecular flexibility index (Phi) is 5.53. The second-order valence-electron chi connectivity index (χ2n) is 6.66. The molecule has 0 bridgehead atoms. The molecule has 0 radical (unpaired) electrons. The topological polar surface area (TPSA) is 58.6 Å². The molecule has 2 aromatic carbocycles. The fourth-order valence-electron chi connectivity index (χ4n) is 3.24. The molecule has 28 heavy (non-hydrogen) atoms. The number of hydrogen-bond acceptors (Lipinski definition) is 6. The zero-order valence-electron chi connectivity index (χ0n) is 15.7. The van der Waals surface area contributed by atoms with E-state index in [-0.39, 0.29) is 5.91 Å². The first-order chi connectivity index (χ1) is 13.7. The lowest BCUT2D eigenvalue weighted by Gasteiger charge is -2.34. The van der Waals surface area contributed by atoms with Crippen LogP contribution < -0.4 is 9.64 Å². The van der Waals surface area contributed by atoms with E-state index in [1.807, 2.05) is 47.4 Å². The smallest absolute Gasteiger partial charge is 0.253 e. The Bertz CT molecular complexity index is 919. The Morgan fingerprint density at radius 3 is 2.43 bits per heavy atom. The summed E-state index contributed by atoms with van der Waals surface area (Å²) in [5.74, 6) is 1.66. The summed E-state index contributed by atoms with van der Waals surface area (Å²) in [6.07, 6.45) is 0.743. The van der Waals surface area contributed by atoms with Gasteiger partial charge in [0.2, 0.25) is 5.13 Å². The van der Waals surface area contributed by atoms with Crippen LogP contribution in [0.5, 0.6) is 5.75 Å². The fraction of sp³-hybridized carbons (Fsp3) is 0.286. The monoisotopic (exact) mass is 394 g/mol. The highest BCUT2D eigenvalue weighted by molar-refractivity contribution is 7.09. The number of piperazine rings is 1. The molecule has 3 aromatic rings. The van der Waals surface area contributed by atoms with Crippen molar-refractivity contribution in [3.05, 3.63) is 71.5 Å². The SMILES string of the molecule is COc1ccc(C(=O)N2CCN(c3nc(Cc4ccccc4)ns3)CC2)cc1. The van der Waals surface area contributed by atoms with E-state index in [9.17, 15) is 4.79 Å². The third-order valence-corrected chi connectivity index (χ3v) is 5.65. The van der Waals surface area contributed by atoms with Gasteiger partial charge in [0.25, 0.3) is 5.91 Å². The predicted molar refractivity (Wildman–Crippen MR) is 110 cm³/mol. The Morgan fingerprint density at radius 1 is 1.04 bits per heavy atom. The molecular weight excluding hydrogens is 372 g/mol. The molecule has 1 saturated heterocycles. The molecule has 144 valence electrons. The lowest BCUT2D eigenvalue weighted by atomic mass is 10.1. The minimum absolute atomic E-state index is 0.0596. The molecule has 7 heteroatoms. The van der Waals surface area contributed by atoms with Gasteiger partial charge in [-0.15, -0.1) is 0 Å². The number of methoxy groups -OCH3 is 1. The maximum atomic E-state index is 12.7. The van der Waals surface area contributed by atoms with E-state index in [1.54, 1.807) is 7.11 Å². The van der Waals surface area contributed by atoms with Crippen molar-refractivity contribution in [2.24, 2.45) is 0 Å². The van der Waals surface area contributed by atoms with Crippen LogP contribution in [0.25, 0.3) is 0 Å². The number of ether oxygens (including phenoxy) is 1. The van der Waals surface area contributed by atoms with Gasteiger partial charge in [-0.3, -0.25) is 4.79 Å². The lowest BCUT2D eigenvalue weighted by molar-refractivity contribution is 0.0746. The van der Waals surface area contributed by atoms with E-state index in [0.717, 1.165) is 36.2 Å². The van der Waals surface area contributed by atoms with Crippen LogP contribution in [0.4, 0.5) is 5.13 Å². The standard InChI is InChI=1S/C21H22N4O2S/c1-27-18-9-7-17(8-10-18)20(26)24-11-13-25(14-12-24)21-22-19(23-28-21)15-16-5-3-2-4-6-16/h2-10H,11-15H2,1H3. The maximum absolute atomic E-state index is 12.7. The van der Waals surface area contributed by atoms with Crippen LogP contribution >= 0.6 is 11.5 Å². The predicted octanol–water partition coefficient (Wildman–Crippen LogP) is 3.10. The lowest BCUT2D eigenvalue weighted by Crippen LogP contribution is -2.48. The van der Waals surface area contributed by atoms with Crippen LogP contribution in [0.15, 0.2) is 54.6 Å². The number of aromatic nitrogens is 2. The molecule has 1 aliphatic heterocycles. The molecule has 0 unspecified atom stereocenters. The molecule has 0 aliphatic carbocycles. The zero-order chi connectivity index (χ0) is 19.3. The summed E-state index contributed by atoms with van der Waals surface area (Å²) in [4.78, 5) is 21.5. The summed E-state index contributed by atoms with van der Waals surface area (Å²) in [7, 11) is 1.62. The summed E-state index contributed by atoms with van der Waals surface area (Å²) in [6.45, 7) is 2.89. The molecule has 0 spiro atoms. The third-order valence-electron chi connectivity index (χ3n) is 4.84. The number of amides is 1. The van der Waals surface area contributed by atoms with Gasteiger partial charge in [0.05, 0.1) is 7.11 Å². The van der Waals surface area contributed by atoms with Gasteiger partial charge in [-0.05, 0) is 29.8 Å². The molecular formula is C21H22N4O2S. The van der Waals surface area contributed by atoms with Gasteiger partial charge in [-0.25, -0.2) is 4.98 Å². The van der Waals surface area contributed by atoms with Gasteiger partial charge in [-0.1, -0.05) is 30.3 Å². The number of anilines is 1. The fourth-order valence-corrected chi connectivity index (χ4v) is 3.98. The van der Waals surface area contributed by atoms with Gasteiger partial charge >= 0.3 is 0 Å². The van der Waals surface area contributed by atoms with Crippen LogP contribution in [-0.4, -0.2) is 53.5 Å². The van der Waals surface area contributed by atoms with Gasteiger partial charge in [-0.2, -0.15) is 4.37 Å². The van der Waals surface area contributed by atoms with Crippen LogP contribution in [-0.2, 0) is 6.42 Å². The van der Waals surface area contributed by atoms with Gasteiger partial charge < -0.3 is 14.5 Å². The number of carbonyl (C=O) groups is 1. The number of rotatable bonds is 5. The van der Waals surface area contributed by atoms with Crippen molar-refractivity contribution in [2.75, 3.05) is 38.2 Å². The highest BCUT2D eigenvalue weighted by Gasteiger charge is 2.24. The molecule has 0 N–H and O–H groups in total. The van der Waals surface area contributed by atoms with Crippen LogP contribution in [0.2, 0.25) is 0 Å². The first-order valence-electron chi connectivity index (χ1n) is 9.28. The Balaban J connectivity index is 1.34. The van der Waals surface area contributed by atoms with Gasteiger partial charge in [0.1, 0.15) is 11.6 Å². The Labute approximate surface area is 168 Å². The number of benzene rings is 2. The molecule has 2 heterocycles. The quantitative estimate of drug-likeness (QED) is 0.666. The first kappa shape index (κ1) is 18.4. The summed E-state index contributed by atoms with van der Waals surface area (Å²) in [6, 6.07) is 17.5. The third kappa shape index (κ3) is 4.14. The largest absolute Gasteiger partial charge is 0.497 e. The molecule has 1 amide bonds. The normalized spacial score (nSPS) is 14.2. The van der Waals surface area contributed by atoms with Crippen molar-refractivity contribution in [1.29, 1.82) is 0 Å². The summed E-state index contributed by atoms with van der Waals surface area (Å²) in [5.41, 5.74) is 1.90. The summed E-state index contributed by atoms with van der Waals surface area (Å²) >= 11 is 1.43. The van der Waals surface area contributed by atoms with Gasteiger partial charge in [0, 0.05) is 49.7 Å². The summed E-state index contributed by atoms with van der Waals surface area (Å²) in [5, 5.41) is 0.933. The van der Waals surface area contributed by atoms with Crippen LogP contribution in [0.3, 0.4) is 0 Å². The van der Waals surface area contributed by atoms with E-state index in [1.165, 1.54) is 17.1 Å². The molecule has 0 saturated carbocycles. The molecule has 1 aliphatic rings. The highest BCUT2D eigenvalue weighted by atomic mass is 32.1. The average Bonchev–Trinajstić information content (AvgIpc) is 3.22. The van der Waals surface area contributed by atoms with Crippen LogP contribution in [0, 0.1) is 0 Å². The Morgan fingerprint density at radius 2 is 1.75 bits per heavy atom. The number of nitrogens with zero attached hydrogens (tertiary/aromatic N) is 4. The zero-order valence-corrected chi connectivity index (χ0v) is 16.6. The van der Waals surface area contributed by atoms with Crippen molar-refractivity contribution >= 4 is 22.6 Å². The molecule has 0 atom stereocenters. The molecule has 1 aromatic heterocycles. The van der Waals surface area contributed by atoms with E-state index in [0.29, 0.717) is 18.7 Å². The Hall–Kier alpha value is -2.93. The second kappa shape index (κ2) is 8.39. The summed E-state index contributed by atoms with van der Waals surface area (Å²) < 4.78 is 9.65. The minimum Gasteiger partial charge on any atom is -0.497 e. The first-order valence-corrected chi connectivity index (χ1v) is 10.0. The van der Waals surface area contributed by atoms with Crippen molar-refractivity contribution in [2.45, 2.75) is 6.42 Å². The number of carbonyl (C=O) groups excluding carboxylic acids is 1. The van der Waals surface area contributed by atoms with Crippen LogP contribution in [0.1, 0.15) is 21.7 Å². The molecule has 1 fully saturated rings. The molecule has 4 rings (SSSR count). The van der Waals surface area contributed by atoms with Crippen molar-refractivity contribution in [1.82, 2.24) is 14.3 Å². The van der Waals surface area contributed by atoms with E-state index in [4.69, 9.17) is 9.72 Å². The van der Waals surface area contributed by atoms with Gasteiger partial charge in [0.15, 0.2) is 0 Å². The highest BCUT2D eigenvalue weighted by Crippen LogP contribution is 2.21. The maximum Gasteiger partial charge on any atom is 0.253 e. The second-order valence-corrected chi connectivity index (χ2v) is 7.39. The van der Waals surface area contributed by atoms with Crippen molar-refractivity contribution in [3.63, 3.8) is 0 Å². The van der Waals surface area contributed by atoms with E-state index >= 15 is 0 Å². The average molecular weight is 395 g/mol.